The normalized spacial score (nSPS) is 17.6. The third-order valence-electron chi connectivity index (χ3n) is 4.62. The van der Waals surface area contributed by atoms with E-state index in [4.69, 9.17) is 0 Å². The first-order valence-corrected chi connectivity index (χ1v) is 8.78. The SMILES string of the molecule is Cc1cccc(N2C(=O)C(O)=C(C(=O)C(C)(C)C)C2c2ccc(O)cc2)c1. The predicted molar refractivity (Wildman–Crippen MR) is 104 cm³/mol. The van der Waals surface area contributed by atoms with E-state index in [-0.39, 0.29) is 17.1 Å². The number of benzene rings is 2. The average Bonchev–Trinajstić information content (AvgIpc) is 2.85. The monoisotopic (exact) mass is 365 g/mol. The van der Waals surface area contributed by atoms with Crippen LogP contribution < -0.4 is 4.90 Å². The number of ketones is 1. The van der Waals surface area contributed by atoms with Crippen LogP contribution in [0.2, 0.25) is 0 Å². The first kappa shape index (κ1) is 18.7. The maximum atomic E-state index is 13.1. The summed E-state index contributed by atoms with van der Waals surface area (Å²) in [5.74, 6) is -1.33. The Morgan fingerprint density at radius 3 is 2.22 bits per heavy atom. The van der Waals surface area contributed by atoms with Crippen LogP contribution in [-0.2, 0) is 9.59 Å². The minimum Gasteiger partial charge on any atom is -0.508 e. The lowest BCUT2D eigenvalue weighted by atomic mass is 9.82. The van der Waals surface area contributed by atoms with Crippen LogP contribution in [0.5, 0.6) is 5.75 Å². The van der Waals surface area contributed by atoms with Crippen molar-refractivity contribution in [3.63, 3.8) is 0 Å². The fourth-order valence-electron chi connectivity index (χ4n) is 3.26. The Labute approximate surface area is 158 Å². The molecule has 0 fully saturated rings. The number of anilines is 1. The minimum absolute atomic E-state index is 0.0831. The molecule has 0 bridgehead atoms. The molecule has 2 aromatic carbocycles. The fraction of sp³-hybridized carbons (Fsp3) is 0.273. The van der Waals surface area contributed by atoms with E-state index >= 15 is 0 Å². The molecule has 140 valence electrons. The number of nitrogens with zero attached hydrogens (tertiary/aromatic N) is 1. The van der Waals surface area contributed by atoms with Crippen molar-refractivity contribution in [2.45, 2.75) is 33.7 Å². The van der Waals surface area contributed by atoms with Crippen molar-refractivity contribution in [3.05, 3.63) is 71.0 Å². The minimum atomic E-state index is -0.763. The number of hydrogen-bond acceptors (Lipinski definition) is 4. The lowest BCUT2D eigenvalue weighted by Crippen LogP contribution is -2.32. The molecule has 0 aliphatic carbocycles. The second-order valence-corrected chi connectivity index (χ2v) is 7.85. The molecule has 3 rings (SSSR count). The Hall–Kier alpha value is -3.08. The van der Waals surface area contributed by atoms with Crippen molar-refractivity contribution in [2.75, 3.05) is 4.90 Å². The second-order valence-electron chi connectivity index (χ2n) is 7.85. The van der Waals surface area contributed by atoms with Crippen LogP contribution in [0.4, 0.5) is 5.69 Å². The van der Waals surface area contributed by atoms with Crippen LogP contribution in [-0.4, -0.2) is 21.9 Å². The van der Waals surface area contributed by atoms with Gasteiger partial charge < -0.3 is 10.2 Å². The standard InChI is InChI=1S/C22H23NO4/c1-13-6-5-7-15(12-13)23-18(14-8-10-16(24)11-9-14)17(19(25)21(23)27)20(26)22(2,3)4/h5-12,18,24-25H,1-4H3. The Morgan fingerprint density at radius 1 is 1.04 bits per heavy atom. The van der Waals surface area contributed by atoms with Gasteiger partial charge in [0.15, 0.2) is 11.5 Å². The second kappa shape index (κ2) is 6.58. The molecule has 0 aromatic heterocycles. The first-order chi connectivity index (χ1) is 12.6. The molecule has 2 aromatic rings. The summed E-state index contributed by atoms with van der Waals surface area (Å²) in [5.41, 5.74) is 1.52. The number of aromatic hydroxyl groups is 1. The maximum absolute atomic E-state index is 13.1. The Morgan fingerprint density at radius 2 is 1.67 bits per heavy atom. The van der Waals surface area contributed by atoms with Crippen LogP contribution in [0.1, 0.15) is 37.9 Å². The highest BCUT2D eigenvalue weighted by atomic mass is 16.3. The lowest BCUT2D eigenvalue weighted by molar-refractivity contribution is -0.123. The van der Waals surface area contributed by atoms with Gasteiger partial charge in [-0.1, -0.05) is 45.0 Å². The average molecular weight is 365 g/mol. The number of aryl methyl sites for hydroxylation is 1. The van der Waals surface area contributed by atoms with E-state index in [0.29, 0.717) is 11.3 Å². The molecule has 1 aliphatic rings. The third kappa shape index (κ3) is 3.33. The number of carbonyl (C=O) groups excluding carboxylic acids is 2. The summed E-state index contributed by atoms with van der Waals surface area (Å²) in [5, 5.41) is 20.2. The maximum Gasteiger partial charge on any atom is 0.294 e. The van der Waals surface area contributed by atoms with Crippen molar-refractivity contribution in [1.29, 1.82) is 0 Å². The summed E-state index contributed by atoms with van der Waals surface area (Å²) in [6.45, 7) is 7.17. The molecule has 5 heteroatoms. The molecule has 1 amide bonds. The van der Waals surface area contributed by atoms with Gasteiger partial charge in [0.1, 0.15) is 5.75 Å². The Bertz CT molecular complexity index is 936. The number of amides is 1. The van der Waals surface area contributed by atoms with Crippen LogP contribution in [0.3, 0.4) is 0 Å². The lowest BCUT2D eigenvalue weighted by Gasteiger charge is -2.29. The number of aliphatic hydroxyl groups is 1. The summed E-state index contributed by atoms with van der Waals surface area (Å²) in [4.78, 5) is 27.4. The highest BCUT2D eigenvalue weighted by Crippen LogP contribution is 2.43. The zero-order valence-electron chi connectivity index (χ0n) is 15.9. The number of phenols is 1. The number of carbonyl (C=O) groups is 2. The smallest absolute Gasteiger partial charge is 0.294 e. The molecule has 0 radical (unpaired) electrons. The quantitative estimate of drug-likeness (QED) is 0.854. The van der Waals surface area contributed by atoms with Crippen molar-refractivity contribution in [1.82, 2.24) is 0 Å². The van der Waals surface area contributed by atoms with Crippen molar-refractivity contribution in [2.24, 2.45) is 5.41 Å². The summed E-state index contributed by atoms with van der Waals surface area (Å²) in [6.07, 6.45) is 0. The van der Waals surface area contributed by atoms with E-state index < -0.39 is 23.1 Å². The van der Waals surface area contributed by atoms with Gasteiger partial charge in [0, 0.05) is 11.1 Å². The molecule has 27 heavy (non-hydrogen) atoms. The number of rotatable bonds is 3. The van der Waals surface area contributed by atoms with Gasteiger partial charge in [-0.25, -0.2) is 0 Å². The van der Waals surface area contributed by atoms with Gasteiger partial charge in [-0.15, -0.1) is 0 Å². The van der Waals surface area contributed by atoms with Crippen LogP contribution >= 0.6 is 0 Å². The van der Waals surface area contributed by atoms with Gasteiger partial charge in [-0.3, -0.25) is 14.5 Å². The van der Waals surface area contributed by atoms with Crippen molar-refractivity contribution in [3.8, 4) is 5.75 Å². The largest absolute Gasteiger partial charge is 0.508 e. The summed E-state index contributed by atoms with van der Waals surface area (Å²) in [7, 11) is 0. The van der Waals surface area contributed by atoms with E-state index in [2.05, 4.69) is 0 Å². The topological polar surface area (TPSA) is 77.8 Å². The summed E-state index contributed by atoms with van der Waals surface area (Å²) in [6, 6.07) is 12.9. The van der Waals surface area contributed by atoms with E-state index in [0.717, 1.165) is 5.56 Å². The number of phenolic OH excluding ortho intramolecular Hbond substituents is 1. The van der Waals surface area contributed by atoms with Gasteiger partial charge >= 0.3 is 0 Å². The van der Waals surface area contributed by atoms with Crippen molar-refractivity contribution < 1.29 is 19.8 Å². The molecule has 5 nitrogen and oxygen atoms in total. The molecule has 0 saturated carbocycles. The summed E-state index contributed by atoms with van der Waals surface area (Å²) >= 11 is 0. The van der Waals surface area contributed by atoms with Crippen LogP contribution in [0.25, 0.3) is 0 Å². The molecular formula is C22H23NO4. The van der Waals surface area contributed by atoms with Crippen LogP contribution in [0, 0.1) is 12.3 Å². The molecule has 0 saturated heterocycles. The molecule has 1 aliphatic heterocycles. The molecule has 1 heterocycles. The molecule has 2 N–H and O–H groups in total. The molecule has 1 atom stereocenters. The third-order valence-corrected chi connectivity index (χ3v) is 4.62. The van der Waals surface area contributed by atoms with Crippen LogP contribution in [0.15, 0.2) is 59.9 Å². The highest BCUT2D eigenvalue weighted by Gasteiger charge is 2.46. The molecule has 1 unspecified atom stereocenters. The van der Waals surface area contributed by atoms with Gasteiger partial charge in [0.05, 0.1) is 11.6 Å². The zero-order valence-corrected chi connectivity index (χ0v) is 15.9. The Kier molecular flexibility index (Phi) is 4.56. The highest BCUT2D eigenvalue weighted by molar-refractivity contribution is 6.17. The van der Waals surface area contributed by atoms with Gasteiger partial charge in [-0.2, -0.15) is 0 Å². The fourth-order valence-corrected chi connectivity index (χ4v) is 3.26. The van der Waals surface area contributed by atoms with Gasteiger partial charge in [0.25, 0.3) is 5.91 Å². The number of hydrogen-bond donors (Lipinski definition) is 2. The molecular weight excluding hydrogens is 342 g/mol. The number of Topliss-reactive ketones (excluding diaryl/α,β-unsaturated/α-hetero) is 1. The van der Waals surface area contributed by atoms with E-state index in [1.54, 1.807) is 39.0 Å². The van der Waals surface area contributed by atoms with E-state index in [1.165, 1.54) is 17.0 Å². The first-order valence-electron chi connectivity index (χ1n) is 8.78. The van der Waals surface area contributed by atoms with E-state index in [9.17, 15) is 19.8 Å². The zero-order chi connectivity index (χ0) is 19.9. The predicted octanol–water partition coefficient (Wildman–Crippen LogP) is 4.22. The summed E-state index contributed by atoms with van der Waals surface area (Å²) < 4.78 is 0. The Balaban J connectivity index is 2.21. The number of aliphatic hydroxyl groups excluding tert-OH is 1. The van der Waals surface area contributed by atoms with E-state index in [1.807, 2.05) is 25.1 Å². The van der Waals surface area contributed by atoms with Crippen molar-refractivity contribution >= 4 is 17.4 Å². The van der Waals surface area contributed by atoms with Gasteiger partial charge in [0.2, 0.25) is 0 Å². The molecule has 0 spiro atoms. The van der Waals surface area contributed by atoms with Gasteiger partial charge in [-0.05, 0) is 42.3 Å².